The first-order chi connectivity index (χ1) is 24.3. The Labute approximate surface area is 288 Å². The van der Waals surface area contributed by atoms with Crippen LogP contribution in [0.3, 0.4) is 0 Å². The van der Waals surface area contributed by atoms with Gasteiger partial charge in [0.15, 0.2) is 17.5 Å². The van der Waals surface area contributed by atoms with Crippen LogP contribution in [0.5, 0.6) is 0 Å². The highest BCUT2D eigenvalue weighted by atomic mass is 32.1. The van der Waals surface area contributed by atoms with E-state index in [1.807, 2.05) is 47.7 Å². The van der Waals surface area contributed by atoms with Crippen molar-refractivity contribution in [2.45, 2.75) is 0 Å². The van der Waals surface area contributed by atoms with E-state index >= 15 is 0 Å². The van der Waals surface area contributed by atoms with Crippen LogP contribution in [0.1, 0.15) is 0 Å². The monoisotopic (exact) mass is 643 g/mol. The molecule has 0 aliphatic heterocycles. The summed E-state index contributed by atoms with van der Waals surface area (Å²) in [5.41, 5.74) is 10.0. The Balaban J connectivity index is 1.17. The lowest BCUT2D eigenvalue weighted by Crippen LogP contribution is -2.00. The van der Waals surface area contributed by atoms with E-state index in [0.29, 0.717) is 17.5 Å². The summed E-state index contributed by atoms with van der Waals surface area (Å²) < 4.78 is 2.46. The fraction of sp³-hybridized carbons (Fsp3) is 0. The molecule has 49 heavy (non-hydrogen) atoms. The zero-order valence-corrected chi connectivity index (χ0v) is 27.3. The van der Waals surface area contributed by atoms with Gasteiger partial charge in [0.05, 0.1) is 0 Å². The maximum Gasteiger partial charge on any atom is 0.164 e. The number of nitrogens with zero attached hydrogens (tertiary/aromatic N) is 3. The third-order valence-corrected chi connectivity index (χ3v) is 10.0. The Bertz CT molecular complexity index is 2590. The molecule has 0 radical (unpaired) electrons. The summed E-state index contributed by atoms with van der Waals surface area (Å²) in [6.45, 7) is 0. The smallest absolute Gasteiger partial charge is 0.164 e. The number of aromatic nitrogens is 3. The van der Waals surface area contributed by atoms with Crippen LogP contribution < -0.4 is 0 Å². The zero-order valence-electron chi connectivity index (χ0n) is 26.5. The predicted molar refractivity (Wildman–Crippen MR) is 205 cm³/mol. The molecule has 0 fully saturated rings. The first-order valence-electron chi connectivity index (χ1n) is 16.4. The molecule has 0 bridgehead atoms. The summed E-state index contributed by atoms with van der Waals surface area (Å²) in [6, 6.07) is 61.6. The highest BCUT2D eigenvalue weighted by Gasteiger charge is 2.16. The summed E-state index contributed by atoms with van der Waals surface area (Å²) in [7, 11) is 0. The molecule has 9 rings (SSSR count). The van der Waals surface area contributed by atoms with E-state index in [4.69, 9.17) is 15.0 Å². The molecule has 9 aromatic rings. The molecule has 0 aliphatic carbocycles. The molecule has 0 saturated heterocycles. The maximum atomic E-state index is 5.08. The second-order valence-corrected chi connectivity index (χ2v) is 13.1. The largest absolute Gasteiger partial charge is 0.208 e. The summed E-state index contributed by atoms with van der Waals surface area (Å²) >= 11 is 1.81. The number of hydrogen-bond donors (Lipinski definition) is 0. The van der Waals surface area contributed by atoms with Gasteiger partial charge in [0.1, 0.15) is 0 Å². The molecule has 0 unspecified atom stereocenters. The number of rotatable bonds is 6. The van der Waals surface area contributed by atoms with Crippen LogP contribution in [-0.2, 0) is 0 Å². The lowest BCUT2D eigenvalue weighted by atomic mass is 9.96. The summed E-state index contributed by atoms with van der Waals surface area (Å²) in [4.78, 5) is 15.1. The van der Waals surface area contributed by atoms with Crippen molar-refractivity contribution in [2.75, 3.05) is 0 Å². The van der Waals surface area contributed by atoms with Gasteiger partial charge in [-0.1, -0.05) is 152 Å². The van der Waals surface area contributed by atoms with Gasteiger partial charge in [-0.25, -0.2) is 15.0 Å². The molecule has 0 atom stereocenters. The standard InChI is InChI=1S/C45H29N3S/c1-4-13-30(14-5-1)33-19-10-21-35(27-33)38-23-12-24-40-42(38)39-26-25-37(29-41(39)49-40)45-47-43(32-17-8-3-9-18-32)46-44(48-45)36-22-11-20-34(28-36)31-15-6-2-7-16-31/h1-29H. The first-order valence-corrected chi connectivity index (χ1v) is 17.2. The van der Waals surface area contributed by atoms with Gasteiger partial charge in [-0.3, -0.25) is 0 Å². The Morgan fingerprint density at radius 2 is 0.776 bits per heavy atom. The number of thiophene rings is 1. The van der Waals surface area contributed by atoms with E-state index in [0.717, 1.165) is 27.8 Å². The van der Waals surface area contributed by atoms with Crippen molar-refractivity contribution in [1.82, 2.24) is 15.0 Å². The minimum Gasteiger partial charge on any atom is -0.208 e. The van der Waals surface area contributed by atoms with Gasteiger partial charge < -0.3 is 0 Å². The van der Waals surface area contributed by atoms with Crippen molar-refractivity contribution < 1.29 is 0 Å². The lowest BCUT2D eigenvalue weighted by Gasteiger charge is -2.10. The van der Waals surface area contributed by atoms with Crippen molar-refractivity contribution >= 4 is 31.5 Å². The number of hydrogen-bond acceptors (Lipinski definition) is 4. The van der Waals surface area contributed by atoms with Gasteiger partial charge in [0, 0.05) is 36.9 Å². The third kappa shape index (κ3) is 5.58. The van der Waals surface area contributed by atoms with Crippen molar-refractivity contribution in [3.63, 3.8) is 0 Å². The zero-order chi connectivity index (χ0) is 32.6. The molecule has 0 N–H and O–H groups in total. The van der Waals surface area contributed by atoms with Gasteiger partial charge in [-0.05, 0) is 57.6 Å². The van der Waals surface area contributed by atoms with Crippen molar-refractivity contribution in [2.24, 2.45) is 0 Å². The molecule has 3 nitrogen and oxygen atoms in total. The van der Waals surface area contributed by atoms with Crippen molar-refractivity contribution in [3.05, 3.63) is 176 Å². The van der Waals surface area contributed by atoms with Crippen LogP contribution in [0.4, 0.5) is 0 Å². The highest BCUT2D eigenvalue weighted by molar-refractivity contribution is 7.26. The van der Waals surface area contributed by atoms with Gasteiger partial charge in [0.25, 0.3) is 0 Å². The fourth-order valence-corrected chi connectivity index (χ4v) is 7.69. The van der Waals surface area contributed by atoms with Crippen LogP contribution in [0.15, 0.2) is 176 Å². The summed E-state index contributed by atoms with van der Waals surface area (Å²) in [5, 5.41) is 2.51. The number of fused-ring (bicyclic) bond motifs is 3. The second kappa shape index (κ2) is 12.4. The minimum atomic E-state index is 0.652. The van der Waals surface area contributed by atoms with Gasteiger partial charge >= 0.3 is 0 Å². The Hall–Kier alpha value is -6.23. The van der Waals surface area contributed by atoms with Gasteiger partial charge in [-0.2, -0.15) is 0 Å². The molecule has 4 heteroatoms. The predicted octanol–water partition coefficient (Wildman–Crippen LogP) is 12.2. The average molecular weight is 644 g/mol. The maximum absolute atomic E-state index is 5.08. The third-order valence-electron chi connectivity index (χ3n) is 8.93. The molecule has 230 valence electrons. The summed E-state index contributed by atoms with van der Waals surface area (Å²) in [5.74, 6) is 1.96. The van der Waals surface area contributed by atoms with Crippen LogP contribution in [0.2, 0.25) is 0 Å². The second-order valence-electron chi connectivity index (χ2n) is 12.1. The molecule has 0 amide bonds. The molecule has 7 aromatic carbocycles. The summed E-state index contributed by atoms with van der Waals surface area (Å²) in [6.07, 6.45) is 0. The van der Waals surface area contributed by atoms with Crippen molar-refractivity contribution in [3.8, 4) is 67.5 Å². The van der Waals surface area contributed by atoms with Crippen LogP contribution in [-0.4, -0.2) is 15.0 Å². The molecule has 0 spiro atoms. The molecular weight excluding hydrogens is 615 g/mol. The average Bonchev–Trinajstić information content (AvgIpc) is 3.57. The van der Waals surface area contributed by atoms with E-state index in [1.165, 1.54) is 42.4 Å². The normalized spacial score (nSPS) is 11.3. The topological polar surface area (TPSA) is 38.7 Å². The molecular formula is C45H29N3S. The van der Waals surface area contributed by atoms with Crippen LogP contribution >= 0.6 is 11.3 Å². The van der Waals surface area contributed by atoms with E-state index < -0.39 is 0 Å². The first kappa shape index (κ1) is 29.0. The molecule has 2 aromatic heterocycles. The van der Waals surface area contributed by atoms with E-state index in [1.54, 1.807) is 0 Å². The molecule has 0 aliphatic rings. The van der Waals surface area contributed by atoms with Crippen molar-refractivity contribution in [1.29, 1.82) is 0 Å². The van der Waals surface area contributed by atoms with Gasteiger partial charge in [0.2, 0.25) is 0 Å². The SMILES string of the molecule is c1ccc(-c2cccc(-c3nc(-c4ccccc4)nc(-c4ccc5c(c4)sc4cccc(-c6cccc(-c7ccccc7)c6)c45)n3)c2)cc1. The Morgan fingerprint density at radius 1 is 0.306 bits per heavy atom. The molecule has 2 heterocycles. The van der Waals surface area contributed by atoms with E-state index in [2.05, 4.69) is 140 Å². The van der Waals surface area contributed by atoms with Crippen LogP contribution in [0.25, 0.3) is 87.7 Å². The minimum absolute atomic E-state index is 0.652. The fourth-order valence-electron chi connectivity index (χ4n) is 6.52. The lowest BCUT2D eigenvalue weighted by molar-refractivity contribution is 1.07. The van der Waals surface area contributed by atoms with Crippen LogP contribution in [0, 0.1) is 0 Å². The molecule has 0 saturated carbocycles. The van der Waals surface area contributed by atoms with E-state index in [-0.39, 0.29) is 0 Å². The Morgan fingerprint density at radius 3 is 1.41 bits per heavy atom. The van der Waals surface area contributed by atoms with Gasteiger partial charge in [-0.15, -0.1) is 11.3 Å². The van der Waals surface area contributed by atoms with E-state index in [9.17, 15) is 0 Å². The Kier molecular flexibility index (Phi) is 7.34. The number of benzene rings is 7. The quantitative estimate of drug-likeness (QED) is 0.181. The highest BCUT2D eigenvalue weighted by Crippen LogP contribution is 2.42.